The number of hydrogen-bond acceptors (Lipinski definition) is 6. The van der Waals surface area contributed by atoms with E-state index in [1.54, 1.807) is 0 Å². The molecule has 0 unspecified atom stereocenters. The highest BCUT2D eigenvalue weighted by molar-refractivity contribution is 7.92. The molecule has 0 amide bonds. The molecule has 0 aliphatic heterocycles. The maximum absolute atomic E-state index is 11.3. The van der Waals surface area contributed by atoms with Crippen molar-refractivity contribution in [1.82, 2.24) is 4.98 Å². The van der Waals surface area contributed by atoms with E-state index in [1.807, 2.05) is 0 Å². The molecule has 1 rings (SSSR count). The highest BCUT2D eigenvalue weighted by Crippen LogP contribution is 2.15. The normalized spacial score (nSPS) is 11.1. The van der Waals surface area contributed by atoms with Crippen LogP contribution < -0.4 is 10.3 Å². The van der Waals surface area contributed by atoms with Crippen LogP contribution in [-0.4, -0.2) is 24.1 Å². The van der Waals surface area contributed by atoms with Gasteiger partial charge in [0.05, 0.1) is 10.7 Å². The van der Waals surface area contributed by atoms with Gasteiger partial charge in [-0.1, -0.05) is 0 Å². The van der Waals surface area contributed by atoms with Gasteiger partial charge in [-0.05, 0) is 13.0 Å². The number of anilines is 1. The maximum Gasteiger partial charge on any atom is 0.287 e. The molecule has 0 fully saturated rings. The molecule has 0 saturated heterocycles. The van der Waals surface area contributed by atoms with Crippen molar-refractivity contribution in [2.24, 2.45) is 5.84 Å². The molecule has 0 aliphatic carbocycles. The number of aromatic nitrogens is 1. The Labute approximate surface area is 91.9 Å². The Morgan fingerprint density at radius 1 is 1.56 bits per heavy atom. The molecule has 1 aromatic heterocycles. The van der Waals surface area contributed by atoms with Crippen molar-refractivity contribution in [3.8, 4) is 0 Å². The standard InChI is InChI=1S/C7H10N4O4S/c1-2-16(14,15)10(8)7-4-3-6(5-9-7)11(12)13/h3-5H,2,8H2,1H3. The Bertz CT molecular complexity index is 484. The first-order valence-corrected chi connectivity index (χ1v) is 5.87. The molecule has 88 valence electrons. The van der Waals surface area contributed by atoms with Gasteiger partial charge in [-0.2, -0.15) is 4.41 Å². The second-order valence-electron chi connectivity index (χ2n) is 2.83. The lowest BCUT2D eigenvalue weighted by atomic mass is 10.4. The molecule has 9 heteroatoms. The predicted molar refractivity (Wildman–Crippen MR) is 57.0 cm³/mol. The molecule has 0 bridgehead atoms. The first-order chi connectivity index (χ1) is 7.38. The Balaban J connectivity index is 3.03. The van der Waals surface area contributed by atoms with Gasteiger partial charge in [0.1, 0.15) is 6.20 Å². The highest BCUT2D eigenvalue weighted by Gasteiger charge is 2.18. The van der Waals surface area contributed by atoms with Crippen LogP contribution >= 0.6 is 0 Å². The first-order valence-electron chi connectivity index (χ1n) is 4.26. The van der Waals surface area contributed by atoms with E-state index in [0.717, 1.165) is 12.3 Å². The van der Waals surface area contributed by atoms with E-state index < -0.39 is 14.9 Å². The highest BCUT2D eigenvalue weighted by atomic mass is 32.2. The lowest BCUT2D eigenvalue weighted by molar-refractivity contribution is -0.385. The zero-order valence-electron chi connectivity index (χ0n) is 8.40. The Morgan fingerprint density at radius 3 is 2.56 bits per heavy atom. The smallest absolute Gasteiger partial charge is 0.258 e. The average molecular weight is 246 g/mol. The fraction of sp³-hybridized carbons (Fsp3) is 0.286. The summed E-state index contributed by atoms with van der Waals surface area (Å²) in [5.74, 6) is 5.08. The van der Waals surface area contributed by atoms with Gasteiger partial charge in [0, 0.05) is 6.07 Å². The van der Waals surface area contributed by atoms with Crippen molar-refractivity contribution in [2.45, 2.75) is 6.92 Å². The molecule has 0 spiro atoms. The Hall–Kier alpha value is -1.74. The molecule has 0 aliphatic rings. The lowest BCUT2D eigenvalue weighted by Gasteiger charge is -2.15. The molecule has 1 heterocycles. The van der Waals surface area contributed by atoms with Crippen LogP contribution in [0.25, 0.3) is 0 Å². The van der Waals surface area contributed by atoms with Crippen molar-refractivity contribution >= 4 is 21.5 Å². The third kappa shape index (κ3) is 2.44. The van der Waals surface area contributed by atoms with E-state index in [0.29, 0.717) is 4.41 Å². The van der Waals surface area contributed by atoms with Crippen molar-refractivity contribution in [2.75, 3.05) is 10.2 Å². The molecule has 16 heavy (non-hydrogen) atoms. The minimum Gasteiger partial charge on any atom is -0.258 e. The molecule has 0 saturated carbocycles. The van der Waals surface area contributed by atoms with Crippen LogP contribution in [0.4, 0.5) is 11.5 Å². The summed E-state index contributed by atoms with van der Waals surface area (Å²) >= 11 is 0. The molecule has 0 radical (unpaired) electrons. The van der Waals surface area contributed by atoms with Gasteiger partial charge in [0.2, 0.25) is 10.0 Å². The van der Waals surface area contributed by atoms with Crippen LogP contribution in [0.5, 0.6) is 0 Å². The van der Waals surface area contributed by atoms with Crippen LogP contribution in [0, 0.1) is 10.1 Å². The largest absolute Gasteiger partial charge is 0.287 e. The number of nitrogens with zero attached hydrogens (tertiary/aromatic N) is 3. The number of sulfonamides is 1. The molecule has 1 aromatic rings. The average Bonchev–Trinajstić information content (AvgIpc) is 2.28. The fourth-order valence-corrected chi connectivity index (χ4v) is 1.57. The van der Waals surface area contributed by atoms with E-state index in [-0.39, 0.29) is 17.3 Å². The molecular formula is C7H10N4O4S. The van der Waals surface area contributed by atoms with Crippen LogP contribution in [-0.2, 0) is 10.0 Å². The zero-order valence-corrected chi connectivity index (χ0v) is 9.22. The molecule has 0 atom stereocenters. The summed E-state index contributed by atoms with van der Waals surface area (Å²) < 4.78 is 23.2. The monoisotopic (exact) mass is 246 g/mol. The van der Waals surface area contributed by atoms with Crippen molar-refractivity contribution in [1.29, 1.82) is 0 Å². The van der Waals surface area contributed by atoms with Crippen LogP contribution in [0.15, 0.2) is 18.3 Å². The van der Waals surface area contributed by atoms with E-state index in [4.69, 9.17) is 5.84 Å². The Kier molecular flexibility index (Phi) is 3.40. The van der Waals surface area contributed by atoms with Gasteiger partial charge in [-0.25, -0.2) is 19.2 Å². The number of rotatable bonds is 4. The van der Waals surface area contributed by atoms with Crippen LogP contribution in [0.3, 0.4) is 0 Å². The minimum absolute atomic E-state index is 0.0625. The van der Waals surface area contributed by atoms with E-state index in [1.165, 1.54) is 13.0 Å². The summed E-state index contributed by atoms with van der Waals surface area (Å²) in [5, 5.41) is 10.3. The number of pyridine rings is 1. The van der Waals surface area contributed by atoms with Crippen molar-refractivity contribution in [3.63, 3.8) is 0 Å². The summed E-state index contributed by atoms with van der Waals surface area (Å²) in [6, 6.07) is 2.30. The first kappa shape index (κ1) is 12.3. The number of hydrogen-bond donors (Lipinski definition) is 1. The molecule has 2 N–H and O–H groups in total. The third-order valence-corrected chi connectivity index (χ3v) is 3.35. The van der Waals surface area contributed by atoms with E-state index in [9.17, 15) is 18.5 Å². The molecular weight excluding hydrogens is 236 g/mol. The predicted octanol–water partition coefficient (Wildman–Crippen LogP) is 0.0196. The van der Waals surface area contributed by atoms with Gasteiger partial charge in [0.25, 0.3) is 5.69 Å². The fourth-order valence-electron chi connectivity index (χ4n) is 0.898. The summed E-state index contributed by atoms with van der Waals surface area (Å²) in [5.41, 5.74) is -0.231. The Morgan fingerprint density at radius 2 is 2.19 bits per heavy atom. The van der Waals surface area contributed by atoms with Crippen LogP contribution in [0.2, 0.25) is 0 Å². The lowest BCUT2D eigenvalue weighted by Crippen LogP contribution is -2.39. The molecule has 8 nitrogen and oxygen atoms in total. The van der Waals surface area contributed by atoms with Gasteiger partial charge in [0.15, 0.2) is 5.82 Å². The molecule has 0 aromatic carbocycles. The van der Waals surface area contributed by atoms with Gasteiger partial charge >= 0.3 is 0 Å². The second-order valence-corrected chi connectivity index (χ2v) is 4.96. The van der Waals surface area contributed by atoms with Crippen molar-refractivity contribution in [3.05, 3.63) is 28.4 Å². The van der Waals surface area contributed by atoms with E-state index >= 15 is 0 Å². The zero-order chi connectivity index (χ0) is 12.3. The van der Waals surface area contributed by atoms with Crippen LogP contribution in [0.1, 0.15) is 6.92 Å². The summed E-state index contributed by atoms with van der Waals surface area (Å²) in [6.45, 7) is 1.43. The van der Waals surface area contributed by atoms with Crippen molar-refractivity contribution < 1.29 is 13.3 Å². The third-order valence-electron chi connectivity index (χ3n) is 1.83. The maximum atomic E-state index is 11.3. The SMILES string of the molecule is CCS(=O)(=O)N(N)c1ccc([N+](=O)[O-])cn1. The topological polar surface area (TPSA) is 119 Å². The number of nitrogens with two attached hydrogens (primary N) is 1. The van der Waals surface area contributed by atoms with Gasteiger partial charge < -0.3 is 0 Å². The number of nitro groups is 1. The van der Waals surface area contributed by atoms with E-state index in [2.05, 4.69) is 4.98 Å². The summed E-state index contributed by atoms with van der Waals surface area (Å²) in [6.07, 6.45) is 0.945. The number of hydrazine groups is 1. The quantitative estimate of drug-likeness (QED) is 0.454. The van der Waals surface area contributed by atoms with Gasteiger partial charge in [-0.3, -0.25) is 10.1 Å². The summed E-state index contributed by atoms with van der Waals surface area (Å²) in [4.78, 5) is 13.3. The second kappa shape index (κ2) is 4.41. The van der Waals surface area contributed by atoms with Gasteiger partial charge in [-0.15, -0.1) is 0 Å². The summed E-state index contributed by atoms with van der Waals surface area (Å²) in [7, 11) is -3.61. The minimum atomic E-state index is -3.61.